The second-order valence-electron chi connectivity index (χ2n) is 8.22. The lowest BCUT2D eigenvalue weighted by atomic mass is 9.87. The van der Waals surface area contributed by atoms with E-state index in [1.165, 1.54) is 11.6 Å². The first-order valence-electron chi connectivity index (χ1n) is 10.4. The first kappa shape index (κ1) is 21.4. The topological polar surface area (TPSA) is 102 Å². The van der Waals surface area contributed by atoms with Crippen LogP contribution < -0.4 is 15.4 Å². The minimum absolute atomic E-state index is 0.0881. The zero-order chi connectivity index (χ0) is 22.2. The number of carbonyl (C=O) groups is 2. The van der Waals surface area contributed by atoms with Gasteiger partial charge in [0.1, 0.15) is 5.75 Å². The van der Waals surface area contributed by atoms with Gasteiger partial charge < -0.3 is 15.4 Å². The highest BCUT2D eigenvalue weighted by Crippen LogP contribution is 2.35. The number of sulfone groups is 1. The maximum absolute atomic E-state index is 13.2. The Labute approximate surface area is 182 Å². The van der Waals surface area contributed by atoms with Crippen LogP contribution >= 0.6 is 0 Å². The summed E-state index contributed by atoms with van der Waals surface area (Å²) in [5, 5.41) is 4.79. The molecule has 2 aromatic rings. The van der Waals surface area contributed by atoms with Crippen molar-refractivity contribution in [3.8, 4) is 5.75 Å². The van der Waals surface area contributed by atoms with Crippen molar-refractivity contribution < 1.29 is 22.7 Å². The minimum atomic E-state index is -3.77. The zero-order valence-corrected chi connectivity index (χ0v) is 18.4. The van der Waals surface area contributed by atoms with E-state index in [9.17, 15) is 18.0 Å². The largest absolute Gasteiger partial charge is 0.482 e. The van der Waals surface area contributed by atoms with E-state index in [1.807, 2.05) is 18.2 Å². The van der Waals surface area contributed by atoms with Crippen molar-refractivity contribution >= 4 is 27.3 Å². The predicted molar refractivity (Wildman–Crippen MR) is 117 cm³/mol. The van der Waals surface area contributed by atoms with Gasteiger partial charge in [0.05, 0.1) is 21.9 Å². The molecular weight excluding hydrogens is 416 g/mol. The van der Waals surface area contributed by atoms with Crippen LogP contribution in [0, 0.1) is 6.92 Å². The zero-order valence-electron chi connectivity index (χ0n) is 17.6. The number of benzene rings is 2. The monoisotopic (exact) mass is 442 g/mol. The van der Waals surface area contributed by atoms with Crippen LogP contribution in [0.2, 0.25) is 0 Å². The molecule has 2 N–H and O–H groups in total. The van der Waals surface area contributed by atoms with Gasteiger partial charge in [-0.25, -0.2) is 8.42 Å². The van der Waals surface area contributed by atoms with Crippen LogP contribution in [0.5, 0.6) is 5.75 Å². The third-order valence-corrected chi connectivity index (χ3v) is 8.20. The molecule has 0 bridgehead atoms. The van der Waals surface area contributed by atoms with Gasteiger partial charge in [-0.1, -0.05) is 24.3 Å². The molecule has 0 saturated heterocycles. The van der Waals surface area contributed by atoms with Crippen molar-refractivity contribution in [2.75, 3.05) is 11.9 Å². The van der Waals surface area contributed by atoms with Crippen molar-refractivity contribution in [3.63, 3.8) is 0 Å². The molecule has 1 heterocycles. The van der Waals surface area contributed by atoms with Crippen molar-refractivity contribution in [1.82, 2.24) is 5.32 Å². The molecule has 8 heteroatoms. The summed E-state index contributed by atoms with van der Waals surface area (Å²) in [6.45, 7) is 3.06. The summed E-state index contributed by atoms with van der Waals surface area (Å²) < 4.78 is 31.8. The number of anilines is 1. The molecule has 31 heavy (non-hydrogen) atoms. The number of fused-ring (bicyclic) bond motifs is 2. The molecule has 1 aliphatic carbocycles. The van der Waals surface area contributed by atoms with Gasteiger partial charge in [-0.3, -0.25) is 9.59 Å². The maximum Gasteiger partial charge on any atom is 0.262 e. The van der Waals surface area contributed by atoms with Gasteiger partial charge in [0, 0.05) is 12.5 Å². The molecule has 0 unspecified atom stereocenters. The average Bonchev–Trinajstić information content (AvgIpc) is 2.73. The fourth-order valence-corrected chi connectivity index (χ4v) is 5.85. The fraction of sp³-hybridized carbons (Fsp3) is 0.391. The van der Waals surface area contributed by atoms with E-state index in [1.54, 1.807) is 19.9 Å². The summed E-state index contributed by atoms with van der Waals surface area (Å²) in [7, 11) is -3.77. The molecule has 0 saturated carbocycles. The van der Waals surface area contributed by atoms with Gasteiger partial charge in [0.15, 0.2) is 16.4 Å². The summed E-state index contributed by atoms with van der Waals surface area (Å²) in [6.07, 6.45) is 2.69. The lowest BCUT2D eigenvalue weighted by Crippen LogP contribution is -2.34. The van der Waals surface area contributed by atoms with Crippen LogP contribution in [0.3, 0.4) is 0 Å². The quantitative estimate of drug-likeness (QED) is 0.741. The Morgan fingerprint density at radius 1 is 1.29 bits per heavy atom. The number of hydrogen-bond acceptors (Lipinski definition) is 5. The Hall–Kier alpha value is -2.87. The summed E-state index contributed by atoms with van der Waals surface area (Å²) in [6, 6.07) is 11.0. The first-order valence-corrected chi connectivity index (χ1v) is 12.0. The van der Waals surface area contributed by atoms with Gasteiger partial charge in [0.25, 0.3) is 5.91 Å². The second kappa shape index (κ2) is 8.34. The number of ether oxygens (including phenoxy) is 1. The molecule has 0 fully saturated rings. The van der Waals surface area contributed by atoms with Crippen LogP contribution in [0.4, 0.5) is 5.69 Å². The van der Waals surface area contributed by atoms with Crippen molar-refractivity contribution in [2.45, 2.75) is 55.7 Å². The molecule has 1 aliphatic heterocycles. The van der Waals surface area contributed by atoms with Gasteiger partial charge in [-0.05, 0) is 55.9 Å². The Kier molecular flexibility index (Phi) is 5.75. The Bertz CT molecular complexity index is 1140. The lowest BCUT2D eigenvalue weighted by Gasteiger charge is -2.27. The third kappa shape index (κ3) is 4.30. The molecular formula is C23H26N2O5S. The van der Waals surface area contributed by atoms with Gasteiger partial charge >= 0.3 is 0 Å². The van der Waals surface area contributed by atoms with Crippen molar-refractivity contribution in [1.29, 1.82) is 0 Å². The van der Waals surface area contributed by atoms with Crippen LogP contribution in [-0.4, -0.2) is 32.1 Å². The number of amides is 2. The molecule has 2 aliphatic rings. The van der Waals surface area contributed by atoms with E-state index in [-0.39, 0.29) is 35.8 Å². The smallest absolute Gasteiger partial charge is 0.262 e. The molecule has 2 atom stereocenters. The summed E-state index contributed by atoms with van der Waals surface area (Å²) in [5.74, 6) is -0.243. The highest BCUT2D eigenvalue weighted by Gasteiger charge is 2.30. The van der Waals surface area contributed by atoms with Crippen molar-refractivity contribution in [2.24, 2.45) is 0 Å². The number of hydrogen-bond donors (Lipinski definition) is 2. The normalized spacial score (nSPS) is 18.8. The summed E-state index contributed by atoms with van der Waals surface area (Å²) >= 11 is 0. The predicted octanol–water partition coefficient (Wildman–Crippen LogP) is 3.07. The van der Waals surface area contributed by atoms with Gasteiger partial charge in [-0.2, -0.15) is 0 Å². The standard InChI is InChI=1S/C23H26N2O5S/c1-14-10-19-20(30-13-23(27)25-19)12-21(14)31(28,29)15(2)11-22(26)24-18-9-5-7-16-6-3-4-8-17(16)18/h3-4,6,8,10,12,15,18H,5,7,9,11,13H2,1-2H3,(H,24,26)(H,25,27)/t15-,18+/m1/s1. The number of nitrogens with one attached hydrogen (secondary N) is 2. The fourth-order valence-electron chi connectivity index (χ4n) is 4.27. The molecule has 0 spiro atoms. The Morgan fingerprint density at radius 2 is 2.06 bits per heavy atom. The molecule has 0 aromatic heterocycles. The average molecular weight is 443 g/mol. The van der Waals surface area contributed by atoms with E-state index >= 15 is 0 Å². The van der Waals surface area contributed by atoms with E-state index < -0.39 is 15.1 Å². The lowest BCUT2D eigenvalue weighted by molar-refractivity contribution is -0.122. The Morgan fingerprint density at radius 3 is 2.87 bits per heavy atom. The molecule has 2 aromatic carbocycles. The van der Waals surface area contributed by atoms with E-state index in [4.69, 9.17) is 4.74 Å². The molecule has 2 amide bonds. The molecule has 7 nitrogen and oxygen atoms in total. The van der Waals surface area contributed by atoms with Gasteiger partial charge in [-0.15, -0.1) is 0 Å². The second-order valence-corrected chi connectivity index (χ2v) is 10.6. The highest BCUT2D eigenvalue weighted by molar-refractivity contribution is 7.92. The van der Waals surface area contributed by atoms with Crippen LogP contribution in [-0.2, 0) is 25.8 Å². The van der Waals surface area contributed by atoms with E-state index in [0.717, 1.165) is 24.8 Å². The number of rotatable bonds is 5. The number of aryl methyl sites for hydroxylation is 2. The first-order chi connectivity index (χ1) is 14.8. The van der Waals surface area contributed by atoms with Crippen LogP contribution in [0.1, 0.15) is 48.9 Å². The SMILES string of the molecule is Cc1cc2c(cc1S(=O)(=O)[C@H](C)CC(=O)N[C@H]1CCCc3ccccc31)OCC(=O)N2. The highest BCUT2D eigenvalue weighted by atomic mass is 32.2. The molecule has 0 radical (unpaired) electrons. The third-order valence-electron chi connectivity index (χ3n) is 5.92. The molecule has 164 valence electrons. The van der Waals surface area contributed by atoms with Gasteiger partial charge in [0.2, 0.25) is 5.91 Å². The summed E-state index contributed by atoms with van der Waals surface area (Å²) in [5.41, 5.74) is 3.30. The van der Waals surface area contributed by atoms with E-state index in [2.05, 4.69) is 16.7 Å². The summed E-state index contributed by atoms with van der Waals surface area (Å²) in [4.78, 5) is 24.3. The van der Waals surface area contributed by atoms with E-state index in [0.29, 0.717) is 17.0 Å². The van der Waals surface area contributed by atoms with Crippen LogP contribution in [0.15, 0.2) is 41.3 Å². The maximum atomic E-state index is 13.2. The van der Waals surface area contributed by atoms with Crippen LogP contribution in [0.25, 0.3) is 0 Å². The Balaban J connectivity index is 1.49. The number of carbonyl (C=O) groups excluding carboxylic acids is 2. The van der Waals surface area contributed by atoms with Crippen molar-refractivity contribution in [3.05, 3.63) is 53.1 Å². The minimum Gasteiger partial charge on any atom is -0.482 e. The molecule has 4 rings (SSSR count).